The average Bonchev–Trinajstić information content (AvgIpc) is 2.72. The predicted molar refractivity (Wildman–Crippen MR) is 107 cm³/mol. The fourth-order valence-electron chi connectivity index (χ4n) is 2.00. The monoisotopic (exact) mass is 436 g/mol. The van der Waals surface area contributed by atoms with Crippen molar-refractivity contribution in [3.63, 3.8) is 0 Å². The van der Waals surface area contributed by atoms with E-state index >= 15 is 0 Å². The summed E-state index contributed by atoms with van der Waals surface area (Å²) in [5.41, 5.74) is 0. The maximum absolute atomic E-state index is 11.4. The molecule has 0 rings (SSSR count). The molecular formula is C20H36O10. The molecular weight excluding hydrogens is 400 g/mol. The van der Waals surface area contributed by atoms with Crippen molar-refractivity contribution in [3.8, 4) is 0 Å². The SMILES string of the molecule is C=COCCOCCOCCOCCOCCOCCOC(=O)CCCCC(=O)O. The van der Waals surface area contributed by atoms with Gasteiger partial charge in [-0.15, -0.1) is 0 Å². The molecule has 0 aromatic heterocycles. The van der Waals surface area contributed by atoms with Gasteiger partial charge in [0.15, 0.2) is 0 Å². The maximum atomic E-state index is 11.4. The Balaban J connectivity index is 3.11. The minimum Gasteiger partial charge on any atom is -0.499 e. The Kier molecular flexibility index (Phi) is 22.2. The molecule has 0 saturated heterocycles. The Labute approximate surface area is 178 Å². The number of hydrogen-bond acceptors (Lipinski definition) is 9. The van der Waals surface area contributed by atoms with Gasteiger partial charge < -0.3 is 38.3 Å². The fourth-order valence-corrected chi connectivity index (χ4v) is 2.00. The molecule has 0 heterocycles. The normalized spacial score (nSPS) is 10.7. The van der Waals surface area contributed by atoms with Crippen LogP contribution in [0.2, 0.25) is 0 Å². The van der Waals surface area contributed by atoms with Gasteiger partial charge in [0.05, 0.1) is 72.3 Å². The van der Waals surface area contributed by atoms with E-state index in [1.165, 1.54) is 6.26 Å². The van der Waals surface area contributed by atoms with Crippen LogP contribution < -0.4 is 0 Å². The lowest BCUT2D eigenvalue weighted by Crippen LogP contribution is -2.15. The van der Waals surface area contributed by atoms with Gasteiger partial charge in [-0.2, -0.15) is 0 Å². The second-order valence-electron chi connectivity index (χ2n) is 5.92. The van der Waals surface area contributed by atoms with E-state index in [1.807, 2.05) is 0 Å². The lowest BCUT2D eigenvalue weighted by Gasteiger charge is -2.08. The minimum absolute atomic E-state index is 0.0676. The van der Waals surface area contributed by atoms with Gasteiger partial charge in [-0.05, 0) is 12.8 Å². The second-order valence-corrected chi connectivity index (χ2v) is 5.92. The molecule has 0 spiro atoms. The van der Waals surface area contributed by atoms with Crippen molar-refractivity contribution in [1.82, 2.24) is 0 Å². The molecule has 0 bridgehead atoms. The molecule has 0 aromatic carbocycles. The van der Waals surface area contributed by atoms with Crippen molar-refractivity contribution in [2.24, 2.45) is 0 Å². The number of hydrogen-bond donors (Lipinski definition) is 1. The first-order valence-electron chi connectivity index (χ1n) is 10.2. The zero-order valence-corrected chi connectivity index (χ0v) is 17.7. The van der Waals surface area contributed by atoms with Crippen LogP contribution in [0.15, 0.2) is 12.8 Å². The highest BCUT2D eigenvalue weighted by atomic mass is 16.6. The molecule has 10 nitrogen and oxygen atoms in total. The van der Waals surface area contributed by atoms with Crippen LogP contribution in [0, 0.1) is 0 Å². The predicted octanol–water partition coefficient (Wildman–Crippen LogP) is 1.42. The van der Waals surface area contributed by atoms with Crippen molar-refractivity contribution < 1.29 is 47.9 Å². The van der Waals surface area contributed by atoms with Gasteiger partial charge in [0.2, 0.25) is 0 Å². The van der Waals surface area contributed by atoms with Crippen LogP contribution in [-0.2, 0) is 42.7 Å². The Morgan fingerprint density at radius 1 is 0.633 bits per heavy atom. The van der Waals surface area contributed by atoms with Crippen LogP contribution in [0.5, 0.6) is 0 Å². The maximum Gasteiger partial charge on any atom is 0.305 e. The molecule has 0 aliphatic heterocycles. The first kappa shape index (κ1) is 28.3. The van der Waals surface area contributed by atoms with Crippen LogP contribution in [0.3, 0.4) is 0 Å². The number of rotatable bonds is 24. The quantitative estimate of drug-likeness (QED) is 0.135. The summed E-state index contributed by atoms with van der Waals surface area (Å²) < 4.78 is 36.5. The Morgan fingerprint density at radius 3 is 1.47 bits per heavy atom. The van der Waals surface area contributed by atoms with Gasteiger partial charge in [-0.1, -0.05) is 6.58 Å². The highest BCUT2D eigenvalue weighted by Crippen LogP contribution is 2.01. The molecule has 30 heavy (non-hydrogen) atoms. The van der Waals surface area contributed by atoms with E-state index in [9.17, 15) is 9.59 Å². The van der Waals surface area contributed by atoms with Crippen molar-refractivity contribution in [3.05, 3.63) is 12.8 Å². The first-order valence-corrected chi connectivity index (χ1v) is 10.2. The minimum atomic E-state index is -0.858. The summed E-state index contributed by atoms with van der Waals surface area (Å²) in [6, 6.07) is 0. The van der Waals surface area contributed by atoms with Gasteiger partial charge >= 0.3 is 11.9 Å². The van der Waals surface area contributed by atoms with Gasteiger partial charge in [-0.25, -0.2) is 0 Å². The number of unbranched alkanes of at least 4 members (excludes halogenated alkanes) is 1. The van der Waals surface area contributed by atoms with Crippen LogP contribution in [0.1, 0.15) is 25.7 Å². The smallest absolute Gasteiger partial charge is 0.305 e. The standard InChI is InChI=1S/C20H36O10/c1-2-24-7-8-25-9-10-26-11-12-27-13-14-28-15-16-29-17-18-30-20(23)6-4-3-5-19(21)22/h2H,1,3-18H2,(H,21,22). The summed E-state index contributed by atoms with van der Waals surface area (Å²) >= 11 is 0. The number of carboxylic acid groups (broad SMARTS) is 1. The van der Waals surface area contributed by atoms with Crippen LogP contribution in [0.25, 0.3) is 0 Å². The van der Waals surface area contributed by atoms with E-state index in [-0.39, 0.29) is 25.4 Å². The molecule has 1 N–H and O–H groups in total. The van der Waals surface area contributed by atoms with Crippen molar-refractivity contribution in [2.45, 2.75) is 25.7 Å². The van der Waals surface area contributed by atoms with E-state index in [4.69, 9.17) is 38.3 Å². The third-order valence-electron chi connectivity index (χ3n) is 3.46. The third-order valence-corrected chi connectivity index (χ3v) is 3.46. The number of aliphatic carboxylic acids is 1. The fraction of sp³-hybridized carbons (Fsp3) is 0.800. The molecule has 0 saturated carbocycles. The van der Waals surface area contributed by atoms with Crippen LogP contribution in [-0.4, -0.2) is 96.3 Å². The number of carboxylic acids is 1. The largest absolute Gasteiger partial charge is 0.499 e. The molecule has 0 unspecified atom stereocenters. The number of carbonyl (C=O) groups excluding carboxylic acids is 1. The topological polar surface area (TPSA) is 119 Å². The highest BCUT2D eigenvalue weighted by Gasteiger charge is 2.04. The van der Waals surface area contributed by atoms with Gasteiger partial charge in [0, 0.05) is 12.8 Å². The summed E-state index contributed by atoms with van der Waals surface area (Å²) in [5, 5.41) is 8.49. The highest BCUT2D eigenvalue weighted by molar-refractivity contribution is 5.69. The van der Waals surface area contributed by atoms with E-state index in [0.717, 1.165) is 0 Å². The second kappa shape index (κ2) is 23.6. The number of ether oxygens (including phenoxy) is 7. The number of carbonyl (C=O) groups is 2. The van der Waals surface area contributed by atoms with E-state index in [0.29, 0.717) is 85.5 Å². The van der Waals surface area contributed by atoms with Gasteiger partial charge in [0.25, 0.3) is 0 Å². The van der Waals surface area contributed by atoms with Gasteiger partial charge in [0.1, 0.15) is 13.2 Å². The molecule has 0 radical (unpaired) electrons. The molecule has 0 atom stereocenters. The van der Waals surface area contributed by atoms with Crippen LogP contribution in [0.4, 0.5) is 0 Å². The summed E-state index contributed by atoms with van der Waals surface area (Å²) in [6.45, 7) is 8.65. The summed E-state index contributed by atoms with van der Waals surface area (Å²) in [5.74, 6) is -1.20. The van der Waals surface area contributed by atoms with E-state index in [1.54, 1.807) is 0 Å². The molecule has 10 heteroatoms. The van der Waals surface area contributed by atoms with E-state index in [2.05, 4.69) is 6.58 Å². The lowest BCUT2D eigenvalue weighted by atomic mass is 10.2. The Bertz CT molecular complexity index is 416. The zero-order valence-electron chi connectivity index (χ0n) is 17.7. The molecule has 176 valence electrons. The van der Waals surface area contributed by atoms with Crippen molar-refractivity contribution >= 4 is 11.9 Å². The zero-order chi connectivity index (χ0) is 22.1. The molecule has 0 aromatic rings. The third kappa shape index (κ3) is 24.3. The molecule has 0 amide bonds. The Hall–Kier alpha value is -1.72. The van der Waals surface area contributed by atoms with Crippen LogP contribution >= 0.6 is 0 Å². The summed E-state index contributed by atoms with van der Waals surface area (Å²) in [6.07, 6.45) is 2.65. The van der Waals surface area contributed by atoms with E-state index < -0.39 is 5.97 Å². The summed E-state index contributed by atoms with van der Waals surface area (Å²) in [4.78, 5) is 21.7. The lowest BCUT2D eigenvalue weighted by molar-refractivity contribution is -0.146. The van der Waals surface area contributed by atoms with Gasteiger partial charge in [-0.3, -0.25) is 9.59 Å². The van der Waals surface area contributed by atoms with Crippen molar-refractivity contribution in [2.75, 3.05) is 79.3 Å². The first-order chi connectivity index (χ1) is 14.7. The molecule has 0 aliphatic carbocycles. The average molecular weight is 436 g/mol. The number of esters is 1. The summed E-state index contributed by atoms with van der Waals surface area (Å²) in [7, 11) is 0. The molecule has 0 fully saturated rings. The Morgan fingerprint density at radius 2 is 1.03 bits per heavy atom. The van der Waals surface area contributed by atoms with Crippen molar-refractivity contribution in [1.29, 1.82) is 0 Å². The molecule has 0 aliphatic rings.